The van der Waals surface area contributed by atoms with E-state index in [0.717, 1.165) is 17.4 Å². The summed E-state index contributed by atoms with van der Waals surface area (Å²) in [6, 6.07) is 5.65. The van der Waals surface area contributed by atoms with Crippen LogP contribution in [0.4, 0.5) is 0 Å². The lowest BCUT2D eigenvalue weighted by atomic mass is 10.1. The number of pyridine rings is 1. The minimum Gasteiger partial charge on any atom is -0.234 e. The SMILES string of the molecule is CCc1cc2ccc(Cl)c(Cl)c2nc1Cl. The third-order valence-electron chi connectivity index (χ3n) is 2.29. The molecule has 0 unspecified atom stereocenters. The van der Waals surface area contributed by atoms with Gasteiger partial charge in [-0.05, 0) is 24.1 Å². The molecule has 1 heterocycles. The quantitative estimate of drug-likeness (QED) is 0.674. The Bertz CT molecular complexity index is 523. The van der Waals surface area contributed by atoms with Crippen LogP contribution in [0.25, 0.3) is 10.9 Å². The molecule has 0 saturated heterocycles. The molecule has 1 aromatic heterocycles. The van der Waals surface area contributed by atoms with Crippen molar-refractivity contribution < 1.29 is 0 Å². The Kier molecular flexibility index (Phi) is 3.06. The van der Waals surface area contributed by atoms with Gasteiger partial charge in [0.2, 0.25) is 0 Å². The van der Waals surface area contributed by atoms with E-state index in [1.165, 1.54) is 0 Å². The van der Waals surface area contributed by atoms with Gasteiger partial charge < -0.3 is 0 Å². The van der Waals surface area contributed by atoms with Gasteiger partial charge in [-0.25, -0.2) is 4.98 Å². The lowest BCUT2D eigenvalue weighted by Gasteiger charge is -2.05. The van der Waals surface area contributed by atoms with Gasteiger partial charge >= 0.3 is 0 Å². The number of hydrogen-bond donors (Lipinski definition) is 0. The number of fused-ring (bicyclic) bond motifs is 1. The van der Waals surface area contributed by atoms with Crippen molar-refractivity contribution in [1.82, 2.24) is 4.98 Å². The van der Waals surface area contributed by atoms with Gasteiger partial charge in [-0.15, -0.1) is 0 Å². The minimum atomic E-state index is 0.457. The van der Waals surface area contributed by atoms with Crippen molar-refractivity contribution >= 4 is 45.7 Å². The van der Waals surface area contributed by atoms with Crippen molar-refractivity contribution in [2.45, 2.75) is 13.3 Å². The fraction of sp³-hybridized carbons (Fsp3) is 0.182. The minimum absolute atomic E-state index is 0.457. The zero-order chi connectivity index (χ0) is 11.0. The van der Waals surface area contributed by atoms with Crippen LogP contribution < -0.4 is 0 Å². The highest BCUT2D eigenvalue weighted by molar-refractivity contribution is 6.45. The van der Waals surface area contributed by atoms with E-state index in [0.29, 0.717) is 20.7 Å². The van der Waals surface area contributed by atoms with Gasteiger partial charge in [0.15, 0.2) is 0 Å². The lowest BCUT2D eigenvalue weighted by molar-refractivity contribution is 1.12. The predicted molar refractivity (Wildman–Crippen MR) is 66.2 cm³/mol. The second-order valence-electron chi connectivity index (χ2n) is 3.22. The van der Waals surface area contributed by atoms with Crippen LogP contribution in [0.3, 0.4) is 0 Å². The molecule has 0 amide bonds. The van der Waals surface area contributed by atoms with E-state index in [-0.39, 0.29) is 0 Å². The Balaban J connectivity index is 2.81. The normalized spacial score (nSPS) is 10.9. The first-order chi connectivity index (χ1) is 7.13. The number of benzene rings is 1. The largest absolute Gasteiger partial charge is 0.234 e. The summed E-state index contributed by atoms with van der Waals surface area (Å²) in [6.45, 7) is 2.03. The highest BCUT2D eigenvalue weighted by atomic mass is 35.5. The summed E-state index contributed by atoms with van der Waals surface area (Å²) in [7, 11) is 0. The summed E-state index contributed by atoms with van der Waals surface area (Å²) in [5.74, 6) is 0. The van der Waals surface area contributed by atoms with E-state index in [2.05, 4.69) is 4.98 Å². The average Bonchev–Trinajstić information content (AvgIpc) is 2.24. The number of aryl methyl sites for hydroxylation is 1. The van der Waals surface area contributed by atoms with Crippen molar-refractivity contribution in [3.8, 4) is 0 Å². The van der Waals surface area contributed by atoms with E-state index in [9.17, 15) is 0 Å². The van der Waals surface area contributed by atoms with Gasteiger partial charge in [-0.1, -0.05) is 47.8 Å². The molecule has 0 N–H and O–H groups in total. The number of nitrogens with zero attached hydrogens (tertiary/aromatic N) is 1. The maximum Gasteiger partial charge on any atom is 0.133 e. The Morgan fingerprint density at radius 3 is 2.60 bits per heavy atom. The highest BCUT2D eigenvalue weighted by Crippen LogP contribution is 2.31. The second-order valence-corrected chi connectivity index (χ2v) is 4.37. The molecule has 0 fully saturated rings. The topological polar surface area (TPSA) is 12.9 Å². The molecular weight excluding hydrogens is 252 g/mol. The lowest BCUT2D eigenvalue weighted by Crippen LogP contribution is -1.89. The molecule has 2 rings (SSSR count). The molecule has 0 aliphatic rings. The maximum absolute atomic E-state index is 6.04. The molecule has 0 atom stereocenters. The number of aromatic nitrogens is 1. The Morgan fingerprint density at radius 1 is 1.20 bits per heavy atom. The van der Waals surface area contributed by atoms with E-state index in [1.807, 2.05) is 19.1 Å². The number of rotatable bonds is 1. The van der Waals surface area contributed by atoms with Gasteiger partial charge in [0, 0.05) is 5.39 Å². The number of halogens is 3. The van der Waals surface area contributed by atoms with Gasteiger partial charge in [0.1, 0.15) is 5.15 Å². The molecule has 0 spiro atoms. The molecule has 2 aromatic rings. The molecule has 0 aliphatic carbocycles. The zero-order valence-electron chi connectivity index (χ0n) is 8.02. The van der Waals surface area contributed by atoms with Crippen LogP contribution >= 0.6 is 34.8 Å². The Hall–Kier alpha value is -0.500. The van der Waals surface area contributed by atoms with Crippen LogP contribution in [0.15, 0.2) is 18.2 Å². The van der Waals surface area contributed by atoms with Crippen molar-refractivity contribution in [2.24, 2.45) is 0 Å². The van der Waals surface area contributed by atoms with Crippen LogP contribution in [0.1, 0.15) is 12.5 Å². The summed E-state index contributed by atoms with van der Waals surface area (Å²) >= 11 is 18.0. The van der Waals surface area contributed by atoms with Gasteiger partial charge in [0.05, 0.1) is 15.6 Å². The molecule has 1 nitrogen and oxygen atoms in total. The van der Waals surface area contributed by atoms with Gasteiger partial charge in [0.25, 0.3) is 0 Å². The van der Waals surface area contributed by atoms with Crippen molar-refractivity contribution in [2.75, 3.05) is 0 Å². The molecule has 0 saturated carbocycles. The molecule has 0 bridgehead atoms. The molecule has 0 radical (unpaired) electrons. The third kappa shape index (κ3) is 1.92. The summed E-state index contributed by atoms with van der Waals surface area (Å²) < 4.78 is 0. The van der Waals surface area contributed by atoms with Crippen LogP contribution in [-0.2, 0) is 6.42 Å². The van der Waals surface area contributed by atoms with E-state index in [1.54, 1.807) is 6.07 Å². The molecule has 0 aliphatic heterocycles. The standard InChI is InChI=1S/C11H8Cl3N/c1-2-6-5-7-3-4-8(12)9(13)10(7)15-11(6)14/h3-5H,2H2,1H3. The van der Waals surface area contributed by atoms with Crippen LogP contribution in [0, 0.1) is 0 Å². The van der Waals surface area contributed by atoms with Gasteiger partial charge in [-0.3, -0.25) is 0 Å². The summed E-state index contributed by atoms with van der Waals surface area (Å²) in [6.07, 6.45) is 0.849. The van der Waals surface area contributed by atoms with E-state index >= 15 is 0 Å². The van der Waals surface area contributed by atoms with E-state index in [4.69, 9.17) is 34.8 Å². The molecule has 78 valence electrons. The summed E-state index contributed by atoms with van der Waals surface area (Å²) in [5.41, 5.74) is 1.67. The molecule has 15 heavy (non-hydrogen) atoms. The van der Waals surface area contributed by atoms with Crippen molar-refractivity contribution in [3.05, 3.63) is 39.0 Å². The fourth-order valence-corrected chi connectivity index (χ4v) is 2.09. The van der Waals surface area contributed by atoms with Crippen molar-refractivity contribution in [3.63, 3.8) is 0 Å². The fourth-order valence-electron chi connectivity index (χ4n) is 1.45. The van der Waals surface area contributed by atoms with Crippen LogP contribution in [0.5, 0.6) is 0 Å². The monoisotopic (exact) mass is 259 g/mol. The van der Waals surface area contributed by atoms with Gasteiger partial charge in [-0.2, -0.15) is 0 Å². The highest BCUT2D eigenvalue weighted by Gasteiger charge is 2.08. The van der Waals surface area contributed by atoms with E-state index < -0.39 is 0 Å². The first kappa shape index (κ1) is 11.0. The summed E-state index contributed by atoms with van der Waals surface area (Å²) in [5, 5.41) is 2.41. The number of hydrogen-bond acceptors (Lipinski definition) is 1. The first-order valence-corrected chi connectivity index (χ1v) is 5.70. The first-order valence-electron chi connectivity index (χ1n) is 4.56. The smallest absolute Gasteiger partial charge is 0.133 e. The molecular formula is C11H8Cl3N. The second kappa shape index (κ2) is 4.17. The van der Waals surface area contributed by atoms with Crippen molar-refractivity contribution in [1.29, 1.82) is 0 Å². The Morgan fingerprint density at radius 2 is 1.93 bits per heavy atom. The van der Waals surface area contributed by atoms with Crippen LogP contribution in [-0.4, -0.2) is 4.98 Å². The Labute approximate surface area is 103 Å². The van der Waals surface area contributed by atoms with Crippen LogP contribution in [0.2, 0.25) is 15.2 Å². The zero-order valence-corrected chi connectivity index (χ0v) is 10.3. The molecule has 4 heteroatoms. The molecule has 1 aromatic carbocycles. The average molecular weight is 261 g/mol. The maximum atomic E-state index is 6.04. The predicted octanol–water partition coefficient (Wildman–Crippen LogP) is 4.76. The summed E-state index contributed by atoms with van der Waals surface area (Å²) in [4.78, 5) is 4.26. The third-order valence-corrected chi connectivity index (χ3v) is 3.41.